The van der Waals surface area contributed by atoms with Gasteiger partial charge in [-0.25, -0.2) is 4.79 Å². The number of rotatable bonds is 18. The van der Waals surface area contributed by atoms with Crippen LogP contribution in [0.15, 0.2) is 29.1 Å². The number of aliphatic carboxylic acids is 1. The summed E-state index contributed by atoms with van der Waals surface area (Å²) in [7, 11) is 1.35. The summed E-state index contributed by atoms with van der Waals surface area (Å²) in [5.74, 6) is -1.23. The minimum atomic E-state index is -0.894. The number of hydrogen-bond donors (Lipinski definition) is 3. The van der Waals surface area contributed by atoms with E-state index in [1.54, 1.807) is 4.90 Å². The first-order valence-electron chi connectivity index (χ1n) is 16.5. The molecule has 0 radical (unpaired) electrons. The molecule has 4 rings (SSSR count). The lowest BCUT2D eigenvalue weighted by Gasteiger charge is -2.35. The Kier molecular flexibility index (Phi) is 13.1. The van der Waals surface area contributed by atoms with Gasteiger partial charge in [-0.3, -0.25) is 23.9 Å². The van der Waals surface area contributed by atoms with Crippen molar-refractivity contribution in [2.45, 2.75) is 90.3 Å². The SMILES string of the molecule is CCCCOc1nc(N)c2[nH]c(=O)n(CCCN(Cc3ccc(CC(=O)OC)cc3)C(=O)CN(CCC(=O)O)C3CCCCC3)c2n1. The number of carbonyl (C=O) groups is 3. The molecule has 256 valence electrons. The fourth-order valence-electron chi connectivity index (χ4n) is 5.89. The number of imidazole rings is 1. The van der Waals surface area contributed by atoms with Crippen molar-refractivity contribution in [3.05, 3.63) is 45.9 Å². The number of carboxylic acid groups (broad SMARTS) is 1. The fourth-order valence-corrected chi connectivity index (χ4v) is 5.89. The number of nitrogen functional groups attached to an aromatic ring is 1. The van der Waals surface area contributed by atoms with Crippen molar-refractivity contribution in [1.82, 2.24) is 29.3 Å². The highest BCUT2D eigenvalue weighted by Gasteiger charge is 2.26. The molecule has 0 aliphatic heterocycles. The van der Waals surface area contributed by atoms with E-state index in [0.717, 1.165) is 56.1 Å². The van der Waals surface area contributed by atoms with Crippen LogP contribution in [0.3, 0.4) is 0 Å². The molecule has 0 bridgehead atoms. The molecule has 2 aromatic heterocycles. The molecule has 1 saturated carbocycles. The van der Waals surface area contributed by atoms with E-state index in [-0.39, 0.29) is 61.4 Å². The number of nitrogens with one attached hydrogen (secondary N) is 1. The number of nitrogens with zero attached hydrogens (tertiary/aromatic N) is 5. The summed E-state index contributed by atoms with van der Waals surface area (Å²) in [6, 6.07) is 7.71. The maximum Gasteiger partial charge on any atom is 0.327 e. The average molecular weight is 654 g/mol. The van der Waals surface area contributed by atoms with Crippen molar-refractivity contribution in [3.8, 4) is 6.01 Å². The lowest BCUT2D eigenvalue weighted by molar-refractivity contribution is -0.140. The number of esters is 1. The summed E-state index contributed by atoms with van der Waals surface area (Å²) in [6.07, 6.45) is 7.46. The summed E-state index contributed by atoms with van der Waals surface area (Å²) in [4.78, 5) is 65.1. The standard InChI is InChI=1S/C33H47N7O7/c1-3-4-19-47-32-36-30(34)29-31(37-32)40(33(45)35-29)17-8-16-39(21-24-13-11-23(12-14-24)20-28(44)46-2)26(41)22-38(18-15-27(42)43)25-9-6-5-7-10-25/h11-14,25H,3-10,15-22H2,1-2H3,(H,35,45)(H,42,43)(H2,34,36,37). The minimum Gasteiger partial charge on any atom is -0.481 e. The lowest BCUT2D eigenvalue weighted by atomic mass is 9.94. The van der Waals surface area contributed by atoms with Gasteiger partial charge in [-0.05, 0) is 36.8 Å². The molecule has 0 unspecified atom stereocenters. The van der Waals surface area contributed by atoms with Crippen LogP contribution >= 0.6 is 0 Å². The average Bonchev–Trinajstić information content (AvgIpc) is 3.38. The van der Waals surface area contributed by atoms with Crippen LogP contribution in [-0.2, 0) is 38.6 Å². The fraction of sp³-hybridized carbons (Fsp3) is 0.576. The van der Waals surface area contributed by atoms with E-state index in [0.29, 0.717) is 43.8 Å². The number of nitrogens with two attached hydrogens (primary N) is 1. The number of hydrogen-bond acceptors (Lipinski definition) is 10. The Balaban J connectivity index is 1.52. The molecule has 0 spiro atoms. The molecule has 14 heteroatoms. The van der Waals surface area contributed by atoms with E-state index in [9.17, 15) is 24.3 Å². The first-order valence-corrected chi connectivity index (χ1v) is 16.5. The van der Waals surface area contributed by atoms with E-state index < -0.39 is 5.97 Å². The quantitative estimate of drug-likeness (QED) is 0.135. The van der Waals surface area contributed by atoms with Crippen LogP contribution in [-0.4, -0.2) is 91.7 Å². The van der Waals surface area contributed by atoms with E-state index in [2.05, 4.69) is 15.0 Å². The second-order valence-corrected chi connectivity index (χ2v) is 12.0. The molecule has 14 nitrogen and oxygen atoms in total. The zero-order valence-corrected chi connectivity index (χ0v) is 27.4. The van der Waals surface area contributed by atoms with Gasteiger partial charge in [-0.2, -0.15) is 9.97 Å². The Morgan fingerprint density at radius 2 is 1.79 bits per heavy atom. The molecule has 0 atom stereocenters. The van der Waals surface area contributed by atoms with Crippen LogP contribution in [0.25, 0.3) is 11.2 Å². The number of H-pyrrole nitrogens is 1. The first kappa shape index (κ1) is 35.4. The van der Waals surface area contributed by atoms with E-state index in [1.807, 2.05) is 36.1 Å². The number of anilines is 1. The Labute approximate surface area is 274 Å². The van der Waals surface area contributed by atoms with Crippen LogP contribution in [0, 0.1) is 0 Å². The molecule has 4 N–H and O–H groups in total. The summed E-state index contributed by atoms with van der Waals surface area (Å²) in [5, 5.41) is 9.38. The normalized spacial score (nSPS) is 13.6. The minimum absolute atomic E-state index is 0.0376. The number of carboxylic acids is 1. The molecule has 2 heterocycles. The van der Waals surface area contributed by atoms with E-state index in [1.165, 1.54) is 11.7 Å². The number of amides is 1. The number of aromatic amines is 1. The van der Waals surface area contributed by atoms with Gasteiger partial charge in [0, 0.05) is 32.2 Å². The lowest BCUT2D eigenvalue weighted by Crippen LogP contribution is -2.46. The Morgan fingerprint density at radius 1 is 1.06 bits per heavy atom. The van der Waals surface area contributed by atoms with Crippen LogP contribution in [0.4, 0.5) is 5.82 Å². The van der Waals surface area contributed by atoms with Crippen molar-refractivity contribution in [1.29, 1.82) is 0 Å². The number of unbranched alkanes of at least 4 members (excludes halogenated alkanes) is 1. The van der Waals surface area contributed by atoms with Gasteiger partial charge in [0.2, 0.25) is 5.91 Å². The number of benzene rings is 1. The second kappa shape index (κ2) is 17.5. The maximum absolute atomic E-state index is 13.9. The van der Waals surface area contributed by atoms with Gasteiger partial charge in [-0.15, -0.1) is 0 Å². The largest absolute Gasteiger partial charge is 0.481 e. The van der Waals surface area contributed by atoms with Crippen molar-refractivity contribution in [3.63, 3.8) is 0 Å². The Bertz CT molecular complexity index is 1550. The van der Waals surface area contributed by atoms with Gasteiger partial charge in [0.15, 0.2) is 11.5 Å². The van der Waals surface area contributed by atoms with E-state index >= 15 is 0 Å². The maximum atomic E-state index is 13.9. The van der Waals surface area contributed by atoms with Gasteiger partial charge < -0.3 is 30.2 Å². The smallest absolute Gasteiger partial charge is 0.327 e. The van der Waals surface area contributed by atoms with Gasteiger partial charge >= 0.3 is 23.6 Å². The first-order chi connectivity index (χ1) is 22.7. The number of fused-ring (bicyclic) bond motifs is 1. The Hall–Kier alpha value is -4.46. The number of methoxy groups -OCH3 is 1. The zero-order chi connectivity index (χ0) is 33.8. The van der Waals surface area contributed by atoms with Crippen LogP contribution in [0.1, 0.15) is 75.8 Å². The molecule has 1 aliphatic carbocycles. The zero-order valence-electron chi connectivity index (χ0n) is 27.4. The van der Waals surface area contributed by atoms with Gasteiger partial charge in [-0.1, -0.05) is 56.9 Å². The third kappa shape index (κ3) is 10.3. The molecule has 0 saturated heterocycles. The second-order valence-electron chi connectivity index (χ2n) is 12.0. The highest BCUT2D eigenvalue weighted by Crippen LogP contribution is 2.23. The van der Waals surface area contributed by atoms with Crippen LogP contribution in [0.2, 0.25) is 0 Å². The van der Waals surface area contributed by atoms with Crippen molar-refractivity contribution in [2.75, 3.05) is 39.1 Å². The van der Waals surface area contributed by atoms with Gasteiger partial charge in [0.1, 0.15) is 5.52 Å². The monoisotopic (exact) mass is 653 g/mol. The molecule has 1 aliphatic rings. The third-order valence-electron chi connectivity index (χ3n) is 8.54. The van der Waals surface area contributed by atoms with Gasteiger partial charge in [0.25, 0.3) is 0 Å². The van der Waals surface area contributed by atoms with Crippen LogP contribution in [0.5, 0.6) is 6.01 Å². The molecule has 1 fully saturated rings. The summed E-state index contributed by atoms with van der Waals surface area (Å²) in [5.41, 5.74) is 8.07. The number of carbonyl (C=O) groups excluding carboxylic acids is 2. The highest BCUT2D eigenvalue weighted by atomic mass is 16.5. The van der Waals surface area contributed by atoms with Crippen molar-refractivity contribution >= 4 is 34.8 Å². The summed E-state index contributed by atoms with van der Waals surface area (Å²) in [6.45, 7) is 3.78. The molecular formula is C33H47N7O7. The Morgan fingerprint density at radius 3 is 2.47 bits per heavy atom. The molecule has 1 aromatic carbocycles. The molecule has 1 amide bonds. The topological polar surface area (TPSA) is 186 Å². The van der Waals surface area contributed by atoms with E-state index in [4.69, 9.17) is 15.2 Å². The predicted octanol–water partition coefficient (Wildman–Crippen LogP) is 3.12. The molecule has 3 aromatic rings. The number of aromatic nitrogens is 4. The van der Waals surface area contributed by atoms with Gasteiger partial charge in [0.05, 0.1) is 33.1 Å². The third-order valence-corrected chi connectivity index (χ3v) is 8.54. The van der Waals surface area contributed by atoms with Crippen LogP contribution < -0.4 is 16.2 Å². The molecule has 47 heavy (non-hydrogen) atoms. The predicted molar refractivity (Wildman–Crippen MR) is 176 cm³/mol. The van der Waals surface area contributed by atoms with Crippen molar-refractivity contribution < 1.29 is 29.0 Å². The number of ether oxygens (including phenoxy) is 2. The highest BCUT2D eigenvalue weighted by molar-refractivity contribution is 5.82. The van der Waals surface area contributed by atoms with Crippen molar-refractivity contribution in [2.24, 2.45) is 0 Å². The molecular weight excluding hydrogens is 606 g/mol. The number of aryl methyl sites for hydroxylation is 1. The summed E-state index contributed by atoms with van der Waals surface area (Å²) >= 11 is 0. The summed E-state index contributed by atoms with van der Waals surface area (Å²) < 4.78 is 11.9.